The van der Waals surface area contributed by atoms with E-state index >= 15 is 0 Å². The minimum atomic E-state index is -0.302. The number of pyridine rings is 1. The van der Waals surface area contributed by atoms with E-state index in [1.807, 2.05) is 77.3 Å². The normalized spacial score (nSPS) is 13.3. The molecule has 39 heavy (non-hydrogen) atoms. The highest BCUT2D eigenvalue weighted by Gasteiger charge is 2.25. The molecule has 1 aliphatic rings. The van der Waals surface area contributed by atoms with Crippen LogP contribution in [0.2, 0.25) is 0 Å². The number of aromatic nitrogens is 3. The van der Waals surface area contributed by atoms with Crippen molar-refractivity contribution in [3.8, 4) is 17.7 Å². The van der Waals surface area contributed by atoms with E-state index in [4.69, 9.17) is 4.74 Å². The number of anilines is 1. The van der Waals surface area contributed by atoms with E-state index in [9.17, 15) is 9.59 Å². The van der Waals surface area contributed by atoms with Crippen LogP contribution in [0.4, 0.5) is 5.69 Å². The van der Waals surface area contributed by atoms with Gasteiger partial charge in [0.1, 0.15) is 5.56 Å². The fourth-order valence-corrected chi connectivity index (χ4v) is 4.49. The van der Waals surface area contributed by atoms with Gasteiger partial charge in [0.05, 0.1) is 24.5 Å². The zero-order valence-corrected chi connectivity index (χ0v) is 21.7. The Morgan fingerprint density at radius 3 is 2.41 bits per heavy atom. The Hall–Kier alpha value is -4.90. The second kappa shape index (κ2) is 12.1. The van der Waals surface area contributed by atoms with Crippen LogP contribution in [0.15, 0.2) is 85.3 Å². The summed E-state index contributed by atoms with van der Waals surface area (Å²) in [6.07, 6.45) is 6.60. The first kappa shape index (κ1) is 25.7. The molecule has 1 saturated heterocycles. The first-order valence-electron chi connectivity index (χ1n) is 13.0. The van der Waals surface area contributed by atoms with Crippen molar-refractivity contribution in [3.63, 3.8) is 0 Å². The summed E-state index contributed by atoms with van der Waals surface area (Å²) in [4.78, 5) is 31.8. The number of likely N-dealkylation sites (tertiary alicyclic amines) is 1. The fraction of sp³-hybridized carbons (Fsp3) is 0.226. The summed E-state index contributed by atoms with van der Waals surface area (Å²) < 4.78 is 7.33. The minimum absolute atomic E-state index is 0.0195. The monoisotopic (exact) mass is 519 g/mol. The van der Waals surface area contributed by atoms with Gasteiger partial charge in [-0.2, -0.15) is 5.10 Å². The van der Waals surface area contributed by atoms with E-state index in [1.54, 1.807) is 24.5 Å². The van der Waals surface area contributed by atoms with Crippen LogP contribution in [0, 0.1) is 11.8 Å². The standard InChI is InChI=1S/C31H29N5O3/c1-2-39-30-28(9-6-18-32-30)29(37)34-26-21-33-36(22-26)27-16-19-35(20-17-27)31(38)25-14-12-24(13-15-25)11-10-23-7-4-3-5-8-23/h3-9,12-15,18,21-22,27H,2,16-17,19-20H2,1H3,(H,34,37). The predicted molar refractivity (Wildman–Crippen MR) is 149 cm³/mol. The Morgan fingerprint density at radius 1 is 0.974 bits per heavy atom. The molecule has 4 aromatic rings. The Balaban J connectivity index is 1.15. The van der Waals surface area contributed by atoms with E-state index in [-0.39, 0.29) is 17.9 Å². The van der Waals surface area contributed by atoms with Crippen LogP contribution >= 0.6 is 0 Å². The first-order chi connectivity index (χ1) is 19.1. The molecule has 1 aliphatic heterocycles. The molecule has 0 bridgehead atoms. The highest BCUT2D eigenvalue weighted by atomic mass is 16.5. The molecule has 8 nitrogen and oxygen atoms in total. The average molecular weight is 520 g/mol. The number of ether oxygens (including phenoxy) is 1. The van der Waals surface area contributed by atoms with Gasteiger partial charge >= 0.3 is 0 Å². The molecule has 5 rings (SSSR count). The number of hydrogen-bond acceptors (Lipinski definition) is 5. The van der Waals surface area contributed by atoms with Gasteiger partial charge in [-0.1, -0.05) is 30.0 Å². The second-order valence-corrected chi connectivity index (χ2v) is 9.17. The molecule has 8 heteroatoms. The number of hydrogen-bond donors (Lipinski definition) is 1. The van der Waals surface area contributed by atoms with Gasteiger partial charge in [0, 0.05) is 42.2 Å². The van der Waals surface area contributed by atoms with Crippen molar-refractivity contribution < 1.29 is 14.3 Å². The molecule has 1 fully saturated rings. The summed E-state index contributed by atoms with van der Waals surface area (Å²) in [7, 11) is 0. The van der Waals surface area contributed by atoms with Crippen molar-refractivity contribution in [2.45, 2.75) is 25.8 Å². The van der Waals surface area contributed by atoms with Crippen molar-refractivity contribution in [1.29, 1.82) is 0 Å². The van der Waals surface area contributed by atoms with Gasteiger partial charge in [-0.3, -0.25) is 14.3 Å². The lowest BCUT2D eigenvalue weighted by Gasteiger charge is -2.32. The molecular formula is C31H29N5O3. The van der Waals surface area contributed by atoms with Gasteiger partial charge in [-0.05, 0) is 68.3 Å². The summed E-state index contributed by atoms with van der Waals surface area (Å²) in [5.41, 5.74) is 3.45. The van der Waals surface area contributed by atoms with E-state index in [0.29, 0.717) is 42.4 Å². The van der Waals surface area contributed by atoms with Crippen LogP contribution in [0.5, 0.6) is 5.88 Å². The van der Waals surface area contributed by atoms with Crippen LogP contribution in [-0.4, -0.2) is 51.2 Å². The molecule has 196 valence electrons. The van der Waals surface area contributed by atoms with Crippen molar-refractivity contribution in [2.24, 2.45) is 0 Å². The van der Waals surface area contributed by atoms with E-state index in [0.717, 1.165) is 24.0 Å². The van der Waals surface area contributed by atoms with E-state index < -0.39 is 0 Å². The fourth-order valence-electron chi connectivity index (χ4n) is 4.49. The summed E-state index contributed by atoms with van der Waals surface area (Å²) in [6.45, 7) is 3.53. The molecule has 0 radical (unpaired) electrons. The zero-order chi connectivity index (χ0) is 27.0. The lowest BCUT2D eigenvalue weighted by molar-refractivity contribution is 0.0689. The first-order valence-corrected chi connectivity index (χ1v) is 13.0. The number of amides is 2. The molecule has 2 aromatic heterocycles. The lowest BCUT2D eigenvalue weighted by atomic mass is 10.0. The van der Waals surface area contributed by atoms with E-state index in [2.05, 4.69) is 27.2 Å². The number of nitrogens with zero attached hydrogens (tertiary/aromatic N) is 4. The van der Waals surface area contributed by atoms with Crippen molar-refractivity contribution in [3.05, 3.63) is 108 Å². The topological polar surface area (TPSA) is 89.3 Å². The van der Waals surface area contributed by atoms with Crippen LogP contribution in [0.3, 0.4) is 0 Å². The number of carbonyl (C=O) groups is 2. The molecule has 0 aliphatic carbocycles. The third-order valence-electron chi connectivity index (χ3n) is 6.54. The van der Waals surface area contributed by atoms with Crippen LogP contribution < -0.4 is 10.1 Å². The number of nitrogens with one attached hydrogen (secondary N) is 1. The summed E-state index contributed by atoms with van der Waals surface area (Å²) in [5.74, 6) is 6.30. The number of piperidine rings is 1. The maximum atomic E-state index is 13.1. The third kappa shape index (κ3) is 6.33. The average Bonchev–Trinajstić information content (AvgIpc) is 3.45. The van der Waals surface area contributed by atoms with Crippen LogP contribution in [0.25, 0.3) is 0 Å². The SMILES string of the molecule is CCOc1ncccc1C(=O)Nc1cnn(C2CCN(C(=O)c3ccc(C#Cc4ccccc4)cc3)CC2)c1. The summed E-state index contributed by atoms with van der Waals surface area (Å²) in [6, 6.07) is 20.8. The number of carbonyl (C=O) groups excluding carboxylic acids is 2. The molecule has 0 spiro atoms. The highest BCUT2D eigenvalue weighted by molar-refractivity contribution is 6.05. The molecule has 2 amide bonds. The minimum Gasteiger partial charge on any atom is -0.477 e. The Bertz CT molecular complexity index is 1490. The highest BCUT2D eigenvalue weighted by Crippen LogP contribution is 2.25. The van der Waals surface area contributed by atoms with Gasteiger partial charge < -0.3 is 15.0 Å². The molecule has 2 aromatic carbocycles. The van der Waals surface area contributed by atoms with Gasteiger partial charge in [-0.15, -0.1) is 0 Å². The predicted octanol–water partition coefficient (Wildman–Crippen LogP) is 4.81. The third-order valence-corrected chi connectivity index (χ3v) is 6.54. The molecule has 0 atom stereocenters. The second-order valence-electron chi connectivity index (χ2n) is 9.17. The molecule has 0 saturated carbocycles. The van der Waals surface area contributed by atoms with Crippen molar-refractivity contribution in [1.82, 2.24) is 19.7 Å². The lowest BCUT2D eigenvalue weighted by Crippen LogP contribution is -2.39. The Labute approximate surface area is 227 Å². The smallest absolute Gasteiger partial charge is 0.261 e. The Morgan fingerprint density at radius 2 is 1.69 bits per heavy atom. The quantitative estimate of drug-likeness (QED) is 0.370. The number of benzene rings is 2. The van der Waals surface area contributed by atoms with Crippen molar-refractivity contribution in [2.75, 3.05) is 25.0 Å². The van der Waals surface area contributed by atoms with Gasteiger partial charge in [0.25, 0.3) is 11.8 Å². The number of rotatable bonds is 6. The van der Waals surface area contributed by atoms with Gasteiger partial charge in [0.2, 0.25) is 5.88 Å². The van der Waals surface area contributed by atoms with Gasteiger partial charge in [0.15, 0.2) is 0 Å². The van der Waals surface area contributed by atoms with Crippen molar-refractivity contribution >= 4 is 17.5 Å². The van der Waals surface area contributed by atoms with Crippen LogP contribution in [0.1, 0.15) is 57.7 Å². The molecule has 3 heterocycles. The maximum absolute atomic E-state index is 13.1. The van der Waals surface area contributed by atoms with Crippen LogP contribution in [-0.2, 0) is 0 Å². The molecule has 0 unspecified atom stereocenters. The molecule has 1 N–H and O–H groups in total. The Kier molecular flexibility index (Phi) is 7.98. The largest absolute Gasteiger partial charge is 0.477 e. The zero-order valence-electron chi connectivity index (χ0n) is 21.7. The summed E-state index contributed by atoms with van der Waals surface area (Å²) >= 11 is 0. The van der Waals surface area contributed by atoms with E-state index in [1.165, 1.54) is 0 Å². The van der Waals surface area contributed by atoms with Gasteiger partial charge in [-0.25, -0.2) is 4.98 Å². The summed E-state index contributed by atoms with van der Waals surface area (Å²) in [5, 5.41) is 7.33. The maximum Gasteiger partial charge on any atom is 0.261 e. The molecular weight excluding hydrogens is 490 g/mol.